The van der Waals surface area contributed by atoms with Crippen molar-refractivity contribution in [1.82, 2.24) is 14.9 Å². The molecule has 0 bridgehead atoms. The molecule has 0 aliphatic carbocycles. The Morgan fingerprint density at radius 3 is 3.19 bits per heavy atom. The second-order valence-corrected chi connectivity index (χ2v) is 6.29. The van der Waals surface area contributed by atoms with Gasteiger partial charge in [-0.15, -0.1) is 11.3 Å². The van der Waals surface area contributed by atoms with Gasteiger partial charge < -0.3 is 10.1 Å². The number of hydrogen-bond acceptors (Lipinski definition) is 6. The average molecular weight is 306 g/mol. The van der Waals surface area contributed by atoms with Gasteiger partial charge >= 0.3 is 0 Å². The highest BCUT2D eigenvalue weighted by Gasteiger charge is 2.20. The largest absolute Gasteiger partial charge is 0.380 e. The van der Waals surface area contributed by atoms with E-state index in [9.17, 15) is 0 Å². The van der Waals surface area contributed by atoms with Crippen LogP contribution in [0.2, 0.25) is 0 Å². The van der Waals surface area contributed by atoms with Gasteiger partial charge in [0.2, 0.25) is 0 Å². The van der Waals surface area contributed by atoms with E-state index in [2.05, 4.69) is 28.6 Å². The van der Waals surface area contributed by atoms with E-state index in [4.69, 9.17) is 14.7 Å². The van der Waals surface area contributed by atoms with Crippen molar-refractivity contribution < 1.29 is 4.74 Å². The fraction of sp³-hybridized carbons (Fsp3) is 0.600. The van der Waals surface area contributed by atoms with Crippen LogP contribution in [0.1, 0.15) is 25.6 Å². The Morgan fingerprint density at radius 2 is 2.38 bits per heavy atom. The van der Waals surface area contributed by atoms with Crippen molar-refractivity contribution in [2.24, 2.45) is 0 Å². The smallest absolute Gasteiger partial charge is 0.146 e. The molecule has 1 unspecified atom stereocenters. The van der Waals surface area contributed by atoms with E-state index in [1.165, 1.54) is 6.42 Å². The lowest BCUT2D eigenvalue weighted by atomic mass is 10.1. The van der Waals surface area contributed by atoms with E-state index in [0.717, 1.165) is 54.5 Å². The monoisotopic (exact) mass is 306 g/mol. The van der Waals surface area contributed by atoms with Crippen LogP contribution in [-0.2, 0) is 11.3 Å². The molecule has 21 heavy (non-hydrogen) atoms. The van der Waals surface area contributed by atoms with Crippen LogP contribution < -0.4 is 5.32 Å². The molecular formula is C15H22N4OS. The molecule has 0 saturated carbocycles. The Kier molecular flexibility index (Phi) is 4.67. The minimum atomic E-state index is 0.345. The topological polar surface area (TPSA) is 50.3 Å². The third-order valence-electron chi connectivity index (χ3n) is 3.88. The Balaban J connectivity index is 1.79. The van der Waals surface area contributed by atoms with Crippen molar-refractivity contribution in [3.8, 4) is 0 Å². The van der Waals surface area contributed by atoms with Crippen molar-refractivity contribution in [1.29, 1.82) is 0 Å². The average Bonchev–Trinajstić information content (AvgIpc) is 2.96. The summed E-state index contributed by atoms with van der Waals surface area (Å²) >= 11 is 1.67. The molecule has 2 aromatic heterocycles. The summed E-state index contributed by atoms with van der Waals surface area (Å²) in [6.45, 7) is 5.83. The predicted molar refractivity (Wildman–Crippen MR) is 86.9 cm³/mol. The highest BCUT2D eigenvalue weighted by atomic mass is 32.1. The lowest BCUT2D eigenvalue weighted by Gasteiger charge is -2.31. The van der Waals surface area contributed by atoms with Gasteiger partial charge in [-0.05, 0) is 37.8 Å². The first-order valence-electron chi connectivity index (χ1n) is 7.53. The van der Waals surface area contributed by atoms with Crippen LogP contribution in [0.5, 0.6) is 0 Å². The SMILES string of the molecule is CCNc1nc(CN2CCCC(OC)C2)nc2sccc12. The third kappa shape index (κ3) is 3.33. The lowest BCUT2D eigenvalue weighted by Crippen LogP contribution is -2.39. The minimum Gasteiger partial charge on any atom is -0.380 e. The van der Waals surface area contributed by atoms with Gasteiger partial charge in [-0.2, -0.15) is 0 Å². The van der Waals surface area contributed by atoms with Crippen LogP contribution in [0.25, 0.3) is 10.2 Å². The fourth-order valence-electron chi connectivity index (χ4n) is 2.82. The molecule has 3 rings (SSSR count). The first kappa shape index (κ1) is 14.7. The maximum atomic E-state index is 5.49. The number of aromatic nitrogens is 2. The molecule has 114 valence electrons. The van der Waals surface area contributed by atoms with Gasteiger partial charge in [-0.1, -0.05) is 0 Å². The number of hydrogen-bond donors (Lipinski definition) is 1. The summed E-state index contributed by atoms with van der Waals surface area (Å²) in [7, 11) is 1.80. The number of rotatable bonds is 5. The molecule has 2 aromatic rings. The van der Waals surface area contributed by atoms with Gasteiger partial charge in [0.05, 0.1) is 18.0 Å². The third-order valence-corrected chi connectivity index (χ3v) is 4.68. The summed E-state index contributed by atoms with van der Waals surface area (Å²) < 4.78 is 5.49. The highest BCUT2D eigenvalue weighted by molar-refractivity contribution is 7.16. The Morgan fingerprint density at radius 1 is 1.48 bits per heavy atom. The minimum absolute atomic E-state index is 0.345. The van der Waals surface area contributed by atoms with Gasteiger partial charge in [0.1, 0.15) is 16.5 Å². The number of ether oxygens (including phenoxy) is 1. The van der Waals surface area contributed by atoms with Gasteiger partial charge in [0.15, 0.2) is 0 Å². The van der Waals surface area contributed by atoms with Crippen LogP contribution in [-0.4, -0.2) is 47.7 Å². The lowest BCUT2D eigenvalue weighted by molar-refractivity contribution is 0.0277. The molecule has 1 N–H and O–H groups in total. The summed E-state index contributed by atoms with van der Waals surface area (Å²) in [4.78, 5) is 12.9. The van der Waals surface area contributed by atoms with Gasteiger partial charge in [-0.25, -0.2) is 9.97 Å². The van der Waals surface area contributed by atoms with Crippen LogP contribution in [0, 0.1) is 0 Å². The number of piperidine rings is 1. The molecule has 1 saturated heterocycles. The Bertz CT molecular complexity index is 600. The van der Waals surface area contributed by atoms with Gasteiger partial charge in [-0.3, -0.25) is 4.90 Å². The van der Waals surface area contributed by atoms with Crippen molar-refractivity contribution in [2.75, 3.05) is 32.1 Å². The molecule has 0 radical (unpaired) electrons. The highest BCUT2D eigenvalue weighted by Crippen LogP contribution is 2.25. The van der Waals surface area contributed by atoms with E-state index in [-0.39, 0.29) is 0 Å². The summed E-state index contributed by atoms with van der Waals surface area (Å²) in [6.07, 6.45) is 2.68. The molecule has 1 aliphatic rings. The van der Waals surface area contributed by atoms with E-state index < -0.39 is 0 Å². The number of thiophene rings is 1. The number of nitrogens with one attached hydrogen (secondary N) is 1. The molecular weight excluding hydrogens is 284 g/mol. The van der Waals surface area contributed by atoms with Crippen molar-refractivity contribution in [3.05, 3.63) is 17.3 Å². The second-order valence-electron chi connectivity index (χ2n) is 5.39. The number of fused-ring (bicyclic) bond motifs is 1. The summed E-state index contributed by atoms with van der Waals surface area (Å²) in [5, 5.41) is 6.55. The van der Waals surface area contributed by atoms with Crippen LogP contribution in [0.15, 0.2) is 11.4 Å². The molecule has 1 aliphatic heterocycles. The van der Waals surface area contributed by atoms with E-state index >= 15 is 0 Å². The standard InChI is InChI=1S/C15H22N4OS/c1-3-16-14-12-6-8-21-15(12)18-13(17-14)10-19-7-4-5-11(9-19)20-2/h6,8,11H,3-5,7,9-10H2,1-2H3,(H,16,17,18). The molecule has 3 heterocycles. The molecule has 6 heteroatoms. The number of methoxy groups -OCH3 is 1. The molecule has 0 spiro atoms. The summed E-state index contributed by atoms with van der Waals surface area (Å²) in [6, 6.07) is 2.09. The first-order valence-corrected chi connectivity index (χ1v) is 8.41. The number of likely N-dealkylation sites (tertiary alicyclic amines) is 1. The zero-order valence-electron chi connectivity index (χ0n) is 12.6. The predicted octanol–water partition coefficient (Wildman–Crippen LogP) is 2.73. The molecule has 1 fully saturated rings. The zero-order valence-corrected chi connectivity index (χ0v) is 13.4. The Hall–Kier alpha value is -1.24. The maximum absolute atomic E-state index is 5.49. The van der Waals surface area contributed by atoms with E-state index in [1.807, 2.05) is 0 Å². The van der Waals surface area contributed by atoms with Crippen LogP contribution >= 0.6 is 11.3 Å². The maximum Gasteiger partial charge on any atom is 0.146 e. The summed E-state index contributed by atoms with van der Waals surface area (Å²) in [5.74, 6) is 1.86. The van der Waals surface area contributed by atoms with Crippen molar-refractivity contribution >= 4 is 27.4 Å². The van der Waals surface area contributed by atoms with E-state index in [1.54, 1.807) is 18.4 Å². The first-order chi connectivity index (χ1) is 10.3. The zero-order chi connectivity index (χ0) is 14.7. The fourth-order valence-corrected chi connectivity index (χ4v) is 3.60. The normalized spacial score (nSPS) is 20.0. The van der Waals surface area contributed by atoms with Crippen molar-refractivity contribution in [2.45, 2.75) is 32.4 Å². The Labute approximate surface area is 129 Å². The molecule has 0 amide bonds. The number of anilines is 1. The number of nitrogens with zero attached hydrogens (tertiary/aromatic N) is 3. The molecule has 1 atom stereocenters. The van der Waals surface area contributed by atoms with Crippen LogP contribution in [0.3, 0.4) is 0 Å². The molecule has 0 aromatic carbocycles. The van der Waals surface area contributed by atoms with Gasteiger partial charge in [0.25, 0.3) is 0 Å². The van der Waals surface area contributed by atoms with Gasteiger partial charge in [0, 0.05) is 20.2 Å². The quantitative estimate of drug-likeness (QED) is 0.920. The van der Waals surface area contributed by atoms with Crippen LogP contribution in [0.4, 0.5) is 5.82 Å². The second kappa shape index (κ2) is 6.68. The van der Waals surface area contributed by atoms with Crippen molar-refractivity contribution in [3.63, 3.8) is 0 Å². The summed E-state index contributed by atoms with van der Waals surface area (Å²) in [5.41, 5.74) is 0. The van der Waals surface area contributed by atoms with E-state index in [0.29, 0.717) is 6.10 Å². The molecule has 5 nitrogen and oxygen atoms in total.